The van der Waals surface area contributed by atoms with Crippen LogP contribution in [-0.4, -0.2) is 17.6 Å². The van der Waals surface area contributed by atoms with Gasteiger partial charge in [0.25, 0.3) is 11.8 Å². The zero-order valence-electron chi connectivity index (χ0n) is 15.7. The first-order chi connectivity index (χ1) is 13.0. The van der Waals surface area contributed by atoms with Crippen molar-refractivity contribution in [2.75, 3.05) is 10.0 Å². The van der Waals surface area contributed by atoms with E-state index in [1.54, 1.807) is 24.3 Å². The van der Waals surface area contributed by atoms with Gasteiger partial charge >= 0.3 is 0 Å². The van der Waals surface area contributed by atoms with E-state index >= 15 is 0 Å². The fourth-order valence-corrected chi connectivity index (χ4v) is 3.33. The van der Waals surface area contributed by atoms with Crippen LogP contribution in [0.25, 0.3) is 0 Å². The number of hydrogen-bond acceptors (Lipinski definition) is 3. The Kier molecular flexibility index (Phi) is 5.69. The zero-order valence-corrected chi connectivity index (χ0v) is 15.7. The molecule has 27 heavy (non-hydrogen) atoms. The number of anilines is 2. The van der Waals surface area contributed by atoms with Crippen LogP contribution >= 0.6 is 0 Å². The van der Waals surface area contributed by atoms with Crippen LogP contribution < -0.4 is 10.0 Å². The van der Waals surface area contributed by atoms with Crippen LogP contribution in [-0.2, 0) is 14.4 Å². The number of Topliss-reactive ketones (excluding diaryl/α,β-unsaturated/α-hetero) is 1. The summed E-state index contributed by atoms with van der Waals surface area (Å²) in [7, 11) is 0. The van der Waals surface area contributed by atoms with Crippen molar-refractivity contribution in [1.82, 2.24) is 0 Å². The average molecular weight is 364 g/mol. The minimum Gasteiger partial charge on any atom is -0.300 e. The maximum absolute atomic E-state index is 13.1. The normalized spacial score (nSPS) is 15.1. The number of carbonyl (C=O) groups excluding carboxylic acids is 3. The van der Waals surface area contributed by atoms with Crippen LogP contribution in [0.3, 0.4) is 0 Å². The van der Waals surface area contributed by atoms with Gasteiger partial charge in [0.2, 0.25) is 0 Å². The first-order valence-corrected chi connectivity index (χ1v) is 9.28. The summed E-state index contributed by atoms with van der Waals surface area (Å²) in [4.78, 5) is 38.3. The third-order valence-electron chi connectivity index (χ3n) is 4.56. The molecule has 0 saturated carbocycles. The molecule has 2 aromatic rings. The molecule has 1 aliphatic heterocycles. The fourth-order valence-electron chi connectivity index (χ4n) is 3.33. The first kappa shape index (κ1) is 18.8. The van der Waals surface area contributed by atoms with Gasteiger partial charge in [-0.2, -0.15) is 0 Å². The Morgan fingerprint density at radius 3 is 1.70 bits per heavy atom. The molecule has 0 bridgehead atoms. The zero-order chi connectivity index (χ0) is 19.4. The summed E-state index contributed by atoms with van der Waals surface area (Å²) in [6, 6.07) is 18.2. The maximum atomic E-state index is 13.1. The summed E-state index contributed by atoms with van der Waals surface area (Å²) in [5.74, 6) is -1.04. The highest BCUT2D eigenvalue weighted by molar-refractivity contribution is 6.23. The van der Waals surface area contributed by atoms with Gasteiger partial charge in [-0.3, -0.25) is 14.4 Å². The Labute approximate surface area is 159 Å². The molecule has 1 aliphatic rings. The Hall–Kier alpha value is -2.95. The maximum Gasteiger partial charge on any atom is 0.258 e. The van der Waals surface area contributed by atoms with Gasteiger partial charge in [0, 0.05) is 12.8 Å². The number of benzene rings is 2. The standard InChI is InChI=1S/C22H24N2O3/c1-16(2)15-19(25)13-14-20-21(26)23(17-9-5-3-6-10-17)24(22(20)27)18-11-7-4-8-12-18/h3-12,16,20H,13-15H2,1-2H3. The van der Waals surface area contributed by atoms with Gasteiger partial charge in [-0.1, -0.05) is 50.2 Å². The summed E-state index contributed by atoms with van der Waals surface area (Å²) >= 11 is 0. The van der Waals surface area contributed by atoms with Crippen molar-refractivity contribution in [3.05, 3.63) is 60.7 Å². The molecule has 1 saturated heterocycles. The van der Waals surface area contributed by atoms with E-state index in [0.29, 0.717) is 17.8 Å². The molecule has 2 amide bonds. The summed E-state index contributed by atoms with van der Waals surface area (Å²) < 4.78 is 0. The molecule has 140 valence electrons. The molecule has 1 fully saturated rings. The molecule has 0 N–H and O–H groups in total. The van der Waals surface area contributed by atoms with E-state index in [9.17, 15) is 14.4 Å². The summed E-state index contributed by atoms with van der Waals surface area (Å²) in [6.07, 6.45) is 0.960. The van der Waals surface area contributed by atoms with Crippen LogP contribution in [0.5, 0.6) is 0 Å². The van der Waals surface area contributed by atoms with Crippen molar-refractivity contribution in [3.63, 3.8) is 0 Å². The Morgan fingerprint density at radius 1 is 0.852 bits per heavy atom. The van der Waals surface area contributed by atoms with Gasteiger partial charge in [0.05, 0.1) is 11.4 Å². The number of hydrogen-bond donors (Lipinski definition) is 0. The number of ketones is 1. The van der Waals surface area contributed by atoms with Crippen LogP contribution in [0.15, 0.2) is 60.7 Å². The second kappa shape index (κ2) is 8.16. The van der Waals surface area contributed by atoms with Gasteiger partial charge in [0.15, 0.2) is 0 Å². The van der Waals surface area contributed by atoms with Crippen molar-refractivity contribution in [3.8, 4) is 0 Å². The topological polar surface area (TPSA) is 57.7 Å². The second-order valence-corrected chi connectivity index (χ2v) is 7.20. The molecule has 3 rings (SSSR count). The molecule has 0 aliphatic carbocycles. The van der Waals surface area contributed by atoms with E-state index in [1.807, 2.05) is 50.2 Å². The first-order valence-electron chi connectivity index (χ1n) is 9.28. The molecule has 2 aromatic carbocycles. The number of rotatable bonds is 7. The van der Waals surface area contributed by atoms with Gasteiger partial charge in [-0.25, -0.2) is 10.0 Å². The number of carbonyl (C=O) groups is 3. The van der Waals surface area contributed by atoms with Crippen molar-refractivity contribution >= 4 is 29.0 Å². The second-order valence-electron chi connectivity index (χ2n) is 7.20. The van der Waals surface area contributed by atoms with Crippen molar-refractivity contribution in [2.24, 2.45) is 11.8 Å². The smallest absolute Gasteiger partial charge is 0.258 e. The van der Waals surface area contributed by atoms with Gasteiger partial charge in [-0.05, 0) is 36.6 Å². The predicted octanol–water partition coefficient (Wildman–Crippen LogP) is 3.99. The molecule has 1 heterocycles. The highest BCUT2D eigenvalue weighted by Crippen LogP contribution is 2.33. The van der Waals surface area contributed by atoms with E-state index in [4.69, 9.17) is 0 Å². The summed E-state index contributed by atoms with van der Waals surface area (Å²) in [5.41, 5.74) is 1.27. The largest absolute Gasteiger partial charge is 0.300 e. The van der Waals surface area contributed by atoms with Crippen molar-refractivity contribution in [2.45, 2.75) is 33.1 Å². The van der Waals surface area contributed by atoms with E-state index in [0.717, 1.165) is 0 Å². The monoisotopic (exact) mass is 364 g/mol. The predicted molar refractivity (Wildman–Crippen MR) is 105 cm³/mol. The lowest BCUT2D eigenvalue weighted by atomic mass is 9.97. The van der Waals surface area contributed by atoms with E-state index in [2.05, 4.69) is 0 Å². The lowest BCUT2D eigenvalue weighted by Gasteiger charge is -2.27. The summed E-state index contributed by atoms with van der Waals surface area (Å²) in [6.45, 7) is 3.97. The number of para-hydroxylation sites is 2. The Balaban J connectivity index is 1.88. The summed E-state index contributed by atoms with van der Waals surface area (Å²) in [5, 5.41) is 2.85. The lowest BCUT2D eigenvalue weighted by molar-refractivity contribution is -0.127. The van der Waals surface area contributed by atoms with Gasteiger partial charge in [-0.15, -0.1) is 0 Å². The van der Waals surface area contributed by atoms with E-state index in [1.165, 1.54) is 10.0 Å². The molecule has 5 heteroatoms. The molecule has 0 aromatic heterocycles. The Bertz CT molecular complexity index is 760. The number of hydrazine groups is 1. The average Bonchev–Trinajstić information content (AvgIpc) is 2.91. The minimum absolute atomic E-state index is 0.0926. The van der Waals surface area contributed by atoms with Crippen LogP contribution in [0, 0.1) is 11.8 Å². The Morgan fingerprint density at radius 2 is 1.30 bits per heavy atom. The highest BCUT2D eigenvalue weighted by atomic mass is 16.2. The van der Waals surface area contributed by atoms with E-state index in [-0.39, 0.29) is 36.4 Å². The van der Waals surface area contributed by atoms with Gasteiger partial charge in [0.1, 0.15) is 11.7 Å². The number of amides is 2. The number of nitrogens with zero attached hydrogens (tertiary/aromatic N) is 2. The molecule has 5 nitrogen and oxygen atoms in total. The lowest BCUT2D eigenvalue weighted by Crippen LogP contribution is -2.41. The molecule has 0 spiro atoms. The fraction of sp³-hybridized carbons (Fsp3) is 0.318. The van der Waals surface area contributed by atoms with Crippen LogP contribution in [0.4, 0.5) is 11.4 Å². The third-order valence-corrected chi connectivity index (χ3v) is 4.56. The highest BCUT2D eigenvalue weighted by Gasteiger charge is 2.46. The van der Waals surface area contributed by atoms with Crippen LogP contribution in [0.1, 0.15) is 33.1 Å². The van der Waals surface area contributed by atoms with Crippen molar-refractivity contribution < 1.29 is 14.4 Å². The van der Waals surface area contributed by atoms with Crippen molar-refractivity contribution in [1.29, 1.82) is 0 Å². The van der Waals surface area contributed by atoms with E-state index < -0.39 is 5.92 Å². The molecular formula is C22H24N2O3. The quantitative estimate of drug-likeness (QED) is 0.698. The molecule has 0 atom stereocenters. The molecule has 0 radical (unpaired) electrons. The van der Waals surface area contributed by atoms with Crippen LogP contribution in [0.2, 0.25) is 0 Å². The van der Waals surface area contributed by atoms with Gasteiger partial charge < -0.3 is 0 Å². The third kappa shape index (κ3) is 4.08. The minimum atomic E-state index is -0.832. The molecular weight excluding hydrogens is 340 g/mol. The SMILES string of the molecule is CC(C)CC(=O)CCC1C(=O)N(c2ccccc2)N(c2ccccc2)C1=O. The molecule has 0 unspecified atom stereocenters.